The summed E-state index contributed by atoms with van der Waals surface area (Å²) in [4.78, 5) is 38.4. The molecule has 0 aliphatic carbocycles. The van der Waals surface area contributed by atoms with E-state index in [1.54, 1.807) is 4.90 Å². The standard InChI is InChI=1S/C19H31NO.C16H25NO2/c1-16(2)8-5-9-17(3)10-6-11-18(4)13-15-20-14-7-12-19(20)21;1-13(2)5-4-6-14(3)9-11-17-12-10-15(18)7-8-16(17)19/h8,10,13H,5-7,9,11-12,14-15H2,1-4H3;5,9H,4,6-8,10-12H2,1-3H3/b;14-9+. The molecule has 0 aromatic carbocycles. The molecule has 224 valence electrons. The lowest BCUT2D eigenvalue weighted by Crippen LogP contribution is -2.30. The van der Waals surface area contributed by atoms with Crippen LogP contribution in [0.1, 0.15) is 119 Å². The van der Waals surface area contributed by atoms with E-state index in [9.17, 15) is 14.4 Å². The first-order valence-electron chi connectivity index (χ1n) is 15.3. The van der Waals surface area contributed by atoms with E-state index in [-0.39, 0.29) is 11.7 Å². The molecule has 0 bridgehead atoms. The quantitative estimate of drug-likeness (QED) is 0.216. The van der Waals surface area contributed by atoms with Crippen LogP contribution < -0.4 is 0 Å². The van der Waals surface area contributed by atoms with E-state index in [4.69, 9.17) is 0 Å². The lowest BCUT2D eigenvalue weighted by molar-refractivity contribution is -0.130. The van der Waals surface area contributed by atoms with Crippen molar-refractivity contribution in [2.75, 3.05) is 26.2 Å². The molecule has 2 fully saturated rings. The molecule has 0 saturated carbocycles. The van der Waals surface area contributed by atoms with Crippen LogP contribution in [0.25, 0.3) is 0 Å². The maximum Gasteiger partial charge on any atom is 0.223 e. The molecular formula is C35H56N2O3. The molecule has 2 aliphatic rings. The van der Waals surface area contributed by atoms with Gasteiger partial charge >= 0.3 is 0 Å². The normalized spacial score (nSPS) is 17.0. The van der Waals surface area contributed by atoms with Gasteiger partial charge in [-0.1, -0.05) is 58.2 Å². The van der Waals surface area contributed by atoms with Crippen molar-refractivity contribution in [2.24, 2.45) is 0 Å². The molecule has 2 aliphatic heterocycles. The molecule has 5 nitrogen and oxygen atoms in total. The molecule has 5 heteroatoms. The largest absolute Gasteiger partial charge is 0.339 e. The van der Waals surface area contributed by atoms with Crippen LogP contribution in [0.4, 0.5) is 0 Å². The fourth-order valence-corrected chi connectivity index (χ4v) is 4.57. The molecule has 2 saturated heterocycles. The molecule has 2 heterocycles. The van der Waals surface area contributed by atoms with Crippen molar-refractivity contribution in [3.8, 4) is 0 Å². The lowest BCUT2D eigenvalue weighted by atomic mass is 10.1. The smallest absolute Gasteiger partial charge is 0.223 e. The van der Waals surface area contributed by atoms with Gasteiger partial charge in [-0.25, -0.2) is 0 Å². The number of rotatable bonds is 13. The van der Waals surface area contributed by atoms with E-state index in [2.05, 4.69) is 78.8 Å². The second kappa shape index (κ2) is 20.2. The minimum atomic E-state index is 0.110. The third kappa shape index (κ3) is 17.1. The number of ketones is 1. The first-order chi connectivity index (χ1) is 19.0. The molecule has 0 aromatic rings. The molecule has 2 amide bonds. The van der Waals surface area contributed by atoms with E-state index in [1.807, 2.05) is 4.90 Å². The molecular weight excluding hydrogens is 496 g/mol. The molecule has 0 unspecified atom stereocenters. The minimum absolute atomic E-state index is 0.110. The highest BCUT2D eigenvalue weighted by Gasteiger charge is 2.19. The Morgan fingerprint density at radius 2 is 1.00 bits per heavy atom. The lowest BCUT2D eigenvalue weighted by Gasteiger charge is -2.18. The summed E-state index contributed by atoms with van der Waals surface area (Å²) in [5.41, 5.74) is 6.92. The van der Waals surface area contributed by atoms with E-state index in [0.717, 1.165) is 64.5 Å². The first-order valence-corrected chi connectivity index (χ1v) is 15.3. The highest BCUT2D eigenvalue weighted by molar-refractivity contribution is 5.87. The number of hydrogen-bond acceptors (Lipinski definition) is 3. The molecule has 0 radical (unpaired) electrons. The van der Waals surface area contributed by atoms with Gasteiger partial charge in [-0.05, 0) is 93.4 Å². The van der Waals surface area contributed by atoms with Crippen molar-refractivity contribution in [3.05, 3.63) is 58.2 Å². The maximum absolute atomic E-state index is 11.8. The zero-order chi connectivity index (χ0) is 29.9. The Bertz CT molecular complexity index is 973. The topological polar surface area (TPSA) is 57.7 Å². The monoisotopic (exact) mass is 552 g/mol. The number of nitrogens with zero attached hydrogens (tertiary/aromatic N) is 2. The van der Waals surface area contributed by atoms with Crippen LogP contribution in [0.3, 0.4) is 0 Å². The van der Waals surface area contributed by atoms with Crippen LogP contribution in [0.2, 0.25) is 0 Å². The number of amides is 2. The molecule has 0 spiro atoms. The van der Waals surface area contributed by atoms with Gasteiger partial charge in [-0.15, -0.1) is 0 Å². The fourth-order valence-electron chi connectivity index (χ4n) is 4.57. The second-order valence-electron chi connectivity index (χ2n) is 11.9. The van der Waals surface area contributed by atoms with Gasteiger partial charge in [0, 0.05) is 51.9 Å². The average Bonchev–Trinajstić information content (AvgIpc) is 3.22. The Kier molecular flexibility index (Phi) is 17.9. The van der Waals surface area contributed by atoms with Crippen molar-refractivity contribution < 1.29 is 14.4 Å². The number of allylic oxidation sites excluding steroid dienone is 8. The maximum atomic E-state index is 11.8. The summed E-state index contributed by atoms with van der Waals surface area (Å²) in [5, 5.41) is 0. The van der Waals surface area contributed by atoms with Crippen molar-refractivity contribution in [2.45, 2.75) is 119 Å². The molecule has 0 aromatic heterocycles. The first kappa shape index (κ1) is 35.3. The molecule has 2 rings (SSSR count). The summed E-state index contributed by atoms with van der Waals surface area (Å²) in [7, 11) is 0. The van der Waals surface area contributed by atoms with Gasteiger partial charge in [0.25, 0.3) is 0 Å². The summed E-state index contributed by atoms with van der Waals surface area (Å²) in [5.74, 6) is 0.633. The van der Waals surface area contributed by atoms with E-state index in [1.165, 1.54) is 27.9 Å². The third-order valence-electron chi connectivity index (χ3n) is 7.34. The number of carbonyl (C=O) groups is 3. The number of hydrogen-bond donors (Lipinski definition) is 0. The van der Waals surface area contributed by atoms with E-state index in [0.29, 0.717) is 38.3 Å². The highest BCUT2D eigenvalue weighted by Crippen LogP contribution is 2.14. The summed E-state index contributed by atoms with van der Waals surface area (Å²) >= 11 is 0. The predicted molar refractivity (Wildman–Crippen MR) is 169 cm³/mol. The summed E-state index contributed by atoms with van der Waals surface area (Å²) < 4.78 is 0. The van der Waals surface area contributed by atoms with Crippen molar-refractivity contribution in [1.82, 2.24) is 9.80 Å². The van der Waals surface area contributed by atoms with Gasteiger partial charge in [0.2, 0.25) is 11.8 Å². The SMILES string of the molecule is CC(C)=CCC/C(C)=C/CN1CCC(=O)CCC1=O.CC(C)=CCCC(C)=CCCC(C)=CCN1CCCC1=O. The molecule has 0 N–H and O–H groups in total. The number of likely N-dealkylation sites (tertiary alicyclic amines) is 2. The van der Waals surface area contributed by atoms with Gasteiger partial charge in [0.05, 0.1) is 0 Å². The van der Waals surface area contributed by atoms with E-state index >= 15 is 0 Å². The predicted octanol–water partition coefficient (Wildman–Crippen LogP) is 8.29. The Hall–Kier alpha value is -2.69. The van der Waals surface area contributed by atoms with Crippen LogP contribution >= 0.6 is 0 Å². The van der Waals surface area contributed by atoms with Gasteiger partial charge in [-0.2, -0.15) is 0 Å². The van der Waals surface area contributed by atoms with Gasteiger partial charge in [-0.3, -0.25) is 14.4 Å². The fraction of sp³-hybridized carbons (Fsp3) is 0.629. The molecule has 40 heavy (non-hydrogen) atoms. The third-order valence-corrected chi connectivity index (χ3v) is 7.34. The zero-order valence-corrected chi connectivity index (χ0v) is 26.6. The zero-order valence-electron chi connectivity index (χ0n) is 26.6. The van der Waals surface area contributed by atoms with Crippen molar-refractivity contribution in [1.29, 1.82) is 0 Å². The summed E-state index contributed by atoms with van der Waals surface area (Å²) in [6.07, 6.45) is 20.9. The Labute approximate surface area is 245 Å². The minimum Gasteiger partial charge on any atom is -0.339 e. The van der Waals surface area contributed by atoms with Crippen molar-refractivity contribution in [3.63, 3.8) is 0 Å². The van der Waals surface area contributed by atoms with Crippen molar-refractivity contribution >= 4 is 17.6 Å². The number of carbonyl (C=O) groups excluding carboxylic acids is 3. The van der Waals surface area contributed by atoms with E-state index < -0.39 is 0 Å². The molecule has 0 atom stereocenters. The van der Waals surface area contributed by atoms with Crippen LogP contribution in [-0.4, -0.2) is 53.6 Å². The number of Topliss-reactive ketones (excluding diaryl/α,β-unsaturated/α-hetero) is 1. The Morgan fingerprint density at radius 1 is 0.550 bits per heavy atom. The summed E-state index contributed by atoms with van der Waals surface area (Å²) in [6, 6.07) is 0. The van der Waals surface area contributed by atoms with Crippen LogP contribution in [0, 0.1) is 0 Å². The van der Waals surface area contributed by atoms with Gasteiger partial charge in [0.1, 0.15) is 5.78 Å². The van der Waals surface area contributed by atoms with Gasteiger partial charge in [0.15, 0.2) is 0 Å². The Balaban J connectivity index is 0.000000402. The van der Waals surface area contributed by atoms with Gasteiger partial charge < -0.3 is 9.80 Å². The van der Waals surface area contributed by atoms with Crippen LogP contribution in [0.15, 0.2) is 58.2 Å². The highest BCUT2D eigenvalue weighted by atomic mass is 16.2. The second-order valence-corrected chi connectivity index (χ2v) is 11.9. The average molecular weight is 553 g/mol. The Morgan fingerprint density at radius 3 is 1.48 bits per heavy atom. The van der Waals surface area contributed by atoms with Crippen LogP contribution in [0.5, 0.6) is 0 Å². The van der Waals surface area contributed by atoms with Crippen LogP contribution in [-0.2, 0) is 14.4 Å². The summed E-state index contributed by atoms with van der Waals surface area (Å²) in [6.45, 7) is 18.0.